The third-order valence-electron chi connectivity index (χ3n) is 3.36. The molecular weight excluding hydrogens is 361 g/mol. The molecule has 0 aliphatic heterocycles. The van der Waals surface area contributed by atoms with Gasteiger partial charge in [0.2, 0.25) is 0 Å². The summed E-state index contributed by atoms with van der Waals surface area (Å²) in [6.07, 6.45) is 8.77. The fourth-order valence-electron chi connectivity index (χ4n) is 2.42. The van der Waals surface area contributed by atoms with E-state index in [1.807, 2.05) is 18.2 Å². The molecule has 0 aromatic heterocycles. The molecule has 0 N–H and O–H groups in total. The first-order valence-electron chi connectivity index (χ1n) is 7.07. The monoisotopic (exact) mass is 393 g/mol. The predicted molar refractivity (Wildman–Crippen MR) is 87.7 cm³/mol. The number of unbranched alkanes of at least 4 members (excludes halogenated alkanes) is 1. The van der Waals surface area contributed by atoms with Gasteiger partial charge in [-0.1, -0.05) is 51.8 Å². The van der Waals surface area contributed by atoms with Gasteiger partial charge in [0.25, 0.3) is 0 Å². The van der Waals surface area contributed by atoms with Crippen molar-refractivity contribution in [2.75, 3.05) is 26.2 Å². The highest BCUT2D eigenvalue weighted by Crippen LogP contribution is 2.16. The Morgan fingerprint density at radius 2 is 1.26 bits per heavy atom. The van der Waals surface area contributed by atoms with Crippen molar-refractivity contribution in [2.24, 2.45) is 0 Å². The number of quaternary nitrogens is 1. The molecule has 0 saturated carbocycles. The summed E-state index contributed by atoms with van der Waals surface area (Å²) in [5, 5.41) is 0. The Balaban J connectivity index is 0. The number of hydrogen-bond acceptors (Lipinski definition) is 0. The first-order chi connectivity index (χ1) is 8.39. The van der Waals surface area contributed by atoms with E-state index in [2.05, 4.69) is 39.4 Å². The lowest BCUT2D eigenvalue weighted by molar-refractivity contribution is -0.912. The highest BCUT2D eigenvalue weighted by atomic mass is 127. The molecule has 0 atom stereocenters. The van der Waals surface area contributed by atoms with E-state index in [0.717, 1.165) is 24.1 Å². The molecular formula is C16H32INSi. The van der Waals surface area contributed by atoms with Crippen molar-refractivity contribution in [3.05, 3.63) is 38.0 Å². The van der Waals surface area contributed by atoms with Gasteiger partial charge in [0.15, 0.2) is 0 Å². The zero-order chi connectivity index (χ0) is 14.1. The Morgan fingerprint density at radius 1 is 0.842 bits per heavy atom. The molecule has 0 fully saturated rings. The van der Waals surface area contributed by atoms with Gasteiger partial charge in [-0.3, -0.25) is 0 Å². The van der Waals surface area contributed by atoms with E-state index in [9.17, 15) is 0 Å². The van der Waals surface area contributed by atoms with Crippen molar-refractivity contribution in [2.45, 2.75) is 38.5 Å². The highest BCUT2D eigenvalue weighted by molar-refractivity contribution is 6.76. The third kappa shape index (κ3) is 10.6. The molecule has 0 amide bonds. The summed E-state index contributed by atoms with van der Waals surface area (Å²) in [4.78, 5) is 0. The third-order valence-corrected chi connectivity index (χ3v) is 5.21. The quantitative estimate of drug-likeness (QED) is 0.164. The molecule has 19 heavy (non-hydrogen) atoms. The van der Waals surface area contributed by atoms with Crippen molar-refractivity contribution < 1.29 is 28.5 Å². The van der Waals surface area contributed by atoms with Crippen LogP contribution < -0.4 is 24.0 Å². The molecule has 0 bridgehead atoms. The topological polar surface area (TPSA) is 0 Å². The van der Waals surface area contributed by atoms with E-state index in [4.69, 9.17) is 0 Å². The maximum Gasteiger partial charge on any atom is 0.0975 e. The zero-order valence-corrected chi connectivity index (χ0v) is 16.3. The SMILES string of the molecule is C=CC[N+](CC=C)(CC=C)CCCC[Si](C)(C)C.[I-]. The molecule has 0 aromatic carbocycles. The first-order valence-corrected chi connectivity index (χ1v) is 10.8. The van der Waals surface area contributed by atoms with Gasteiger partial charge in [0.1, 0.15) is 0 Å². The Morgan fingerprint density at radius 3 is 1.58 bits per heavy atom. The number of rotatable bonds is 11. The first kappa shape index (κ1) is 21.4. The molecule has 0 aliphatic carbocycles. The van der Waals surface area contributed by atoms with Gasteiger partial charge in [-0.15, -0.1) is 0 Å². The van der Waals surface area contributed by atoms with Crippen molar-refractivity contribution in [1.82, 2.24) is 0 Å². The number of hydrogen-bond donors (Lipinski definition) is 0. The van der Waals surface area contributed by atoms with Crippen LogP contribution in [0, 0.1) is 0 Å². The van der Waals surface area contributed by atoms with Crippen LogP contribution in [-0.2, 0) is 0 Å². The van der Waals surface area contributed by atoms with E-state index in [-0.39, 0.29) is 24.0 Å². The molecule has 0 aliphatic rings. The van der Waals surface area contributed by atoms with Crippen LogP contribution in [0.5, 0.6) is 0 Å². The van der Waals surface area contributed by atoms with Crippen LogP contribution in [0.25, 0.3) is 0 Å². The summed E-state index contributed by atoms with van der Waals surface area (Å²) >= 11 is 0. The smallest absolute Gasteiger partial charge is 0.0975 e. The predicted octanol–water partition coefficient (Wildman–Crippen LogP) is 1.48. The van der Waals surface area contributed by atoms with Crippen LogP contribution in [0.3, 0.4) is 0 Å². The lowest BCUT2D eigenvalue weighted by Gasteiger charge is -2.36. The minimum absolute atomic E-state index is 0. The van der Waals surface area contributed by atoms with Gasteiger partial charge in [-0.05, 0) is 24.6 Å². The maximum atomic E-state index is 3.90. The molecule has 0 radical (unpaired) electrons. The Kier molecular flexibility index (Phi) is 12.2. The van der Waals surface area contributed by atoms with Crippen molar-refractivity contribution >= 4 is 8.07 Å². The van der Waals surface area contributed by atoms with Gasteiger partial charge in [0, 0.05) is 8.07 Å². The largest absolute Gasteiger partial charge is 1.00 e. The minimum atomic E-state index is -0.876. The Bertz CT molecular complexity index is 242. The minimum Gasteiger partial charge on any atom is -1.00 e. The van der Waals surface area contributed by atoms with Crippen LogP contribution in [-0.4, -0.2) is 38.7 Å². The van der Waals surface area contributed by atoms with Crippen LogP contribution in [0.2, 0.25) is 25.7 Å². The van der Waals surface area contributed by atoms with Crippen LogP contribution in [0.1, 0.15) is 12.8 Å². The second-order valence-corrected chi connectivity index (χ2v) is 12.1. The fourth-order valence-corrected chi connectivity index (χ4v) is 3.73. The molecule has 0 saturated heterocycles. The molecule has 0 rings (SSSR count). The fraction of sp³-hybridized carbons (Fsp3) is 0.625. The molecule has 1 nitrogen and oxygen atoms in total. The van der Waals surface area contributed by atoms with Gasteiger partial charge < -0.3 is 28.5 Å². The summed E-state index contributed by atoms with van der Waals surface area (Å²) in [5.74, 6) is 0. The zero-order valence-electron chi connectivity index (χ0n) is 13.1. The average Bonchev–Trinajstić information content (AvgIpc) is 2.24. The second-order valence-electron chi connectivity index (χ2n) is 6.50. The normalized spacial score (nSPS) is 11.5. The van der Waals surface area contributed by atoms with Gasteiger partial charge >= 0.3 is 0 Å². The lowest BCUT2D eigenvalue weighted by Crippen LogP contribution is -3.00. The van der Waals surface area contributed by atoms with Crippen LogP contribution in [0.15, 0.2) is 38.0 Å². The number of nitrogens with zero attached hydrogens (tertiary/aromatic N) is 1. The standard InChI is InChI=1S/C16H32NSi.HI/c1-7-12-17(13-8-2,14-9-3)15-10-11-16-18(4,5)6;/h7-9H,1-3,10-16H2,4-6H3;1H/q+1;/p-1. The van der Waals surface area contributed by atoms with Crippen LogP contribution in [0.4, 0.5) is 0 Å². The molecule has 0 heterocycles. The van der Waals surface area contributed by atoms with E-state index < -0.39 is 8.07 Å². The lowest BCUT2D eigenvalue weighted by atomic mass is 10.2. The van der Waals surface area contributed by atoms with Crippen LogP contribution >= 0.6 is 0 Å². The van der Waals surface area contributed by atoms with E-state index in [0.29, 0.717) is 0 Å². The van der Waals surface area contributed by atoms with E-state index in [1.54, 1.807) is 0 Å². The van der Waals surface area contributed by atoms with Gasteiger partial charge in [0.05, 0.1) is 26.2 Å². The molecule has 112 valence electrons. The Labute approximate surface area is 139 Å². The summed E-state index contributed by atoms with van der Waals surface area (Å²) in [7, 11) is -0.876. The number of halogens is 1. The molecule has 3 heteroatoms. The van der Waals surface area contributed by atoms with Crippen molar-refractivity contribution in [3.8, 4) is 0 Å². The van der Waals surface area contributed by atoms with Gasteiger partial charge in [-0.2, -0.15) is 0 Å². The van der Waals surface area contributed by atoms with E-state index in [1.165, 1.54) is 25.4 Å². The maximum absolute atomic E-state index is 3.90. The van der Waals surface area contributed by atoms with Crippen molar-refractivity contribution in [3.63, 3.8) is 0 Å². The van der Waals surface area contributed by atoms with Crippen molar-refractivity contribution in [1.29, 1.82) is 0 Å². The van der Waals surface area contributed by atoms with E-state index >= 15 is 0 Å². The molecule has 0 spiro atoms. The summed E-state index contributed by atoms with van der Waals surface area (Å²) in [5.41, 5.74) is 0. The Hall–Kier alpha value is 0.127. The highest BCUT2D eigenvalue weighted by Gasteiger charge is 2.22. The summed E-state index contributed by atoms with van der Waals surface area (Å²) in [6, 6.07) is 1.43. The summed E-state index contributed by atoms with van der Waals surface area (Å²) < 4.78 is 1.04. The second kappa shape index (κ2) is 10.9. The molecule has 0 unspecified atom stereocenters. The summed E-state index contributed by atoms with van der Waals surface area (Å²) in [6.45, 7) is 23.3. The average molecular weight is 393 g/mol. The molecule has 0 aromatic rings. The van der Waals surface area contributed by atoms with Gasteiger partial charge in [-0.25, -0.2) is 0 Å².